The lowest BCUT2D eigenvalue weighted by Crippen LogP contribution is -2.51. The molecule has 1 N–H and O–H groups in total. The first-order chi connectivity index (χ1) is 10.1. The molecule has 0 spiro atoms. The van der Waals surface area contributed by atoms with Crippen molar-refractivity contribution in [2.75, 3.05) is 19.6 Å². The van der Waals surface area contributed by atoms with Gasteiger partial charge in [0.25, 0.3) is 0 Å². The lowest BCUT2D eigenvalue weighted by atomic mass is 9.92. The third-order valence-electron chi connectivity index (χ3n) is 4.75. The fourth-order valence-electron chi connectivity index (χ4n) is 3.60. The first-order valence-corrected chi connectivity index (χ1v) is 8.02. The molecule has 118 valence electrons. The monoisotopic (exact) mass is 296 g/mol. The Balaban J connectivity index is 1.59. The molecule has 4 atom stereocenters. The number of esters is 2. The molecule has 4 unspecified atom stereocenters. The highest BCUT2D eigenvalue weighted by Gasteiger charge is 2.38. The van der Waals surface area contributed by atoms with Gasteiger partial charge in [0.15, 0.2) is 12.2 Å². The zero-order valence-electron chi connectivity index (χ0n) is 12.5. The van der Waals surface area contributed by atoms with E-state index in [0.717, 1.165) is 38.9 Å². The third kappa shape index (κ3) is 3.37. The number of carbonyl (C=O) groups excluding carboxylic acids is 2. The topological polar surface area (TPSA) is 67.9 Å². The van der Waals surface area contributed by atoms with E-state index in [0.29, 0.717) is 18.5 Å². The Morgan fingerprint density at radius 2 is 2.00 bits per heavy atom. The summed E-state index contributed by atoms with van der Waals surface area (Å²) in [6.45, 7) is 4.88. The van der Waals surface area contributed by atoms with Crippen LogP contribution in [-0.4, -0.2) is 54.8 Å². The highest BCUT2D eigenvalue weighted by Crippen LogP contribution is 2.28. The fraction of sp³-hybridized carbons (Fsp3) is 0.867. The van der Waals surface area contributed by atoms with Gasteiger partial charge in [0, 0.05) is 6.54 Å². The highest BCUT2D eigenvalue weighted by atomic mass is 16.6. The predicted molar refractivity (Wildman–Crippen MR) is 75.4 cm³/mol. The molecule has 0 saturated carbocycles. The van der Waals surface area contributed by atoms with Gasteiger partial charge in [0.2, 0.25) is 0 Å². The molecule has 3 aliphatic rings. The smallest absolute Gasteiger partial charge is 0.348 e. The van der Waals surface area contributed by atoms with Crippen LogP contribution in [0, 0.1) is 5.92 Å². The molecule has 3 fully saturated rings. The molecule has 3 heterocycles. The minimum Gasteiger partial charge on any atom is -0.448 e. The van der Waals surface area contributed by atoms with Crippen LogP contribution in [0.3, 0.4) is 0 Å². The minimum absolute atomic E-state index is 0.389. The zero-order chi connectivity index (χ0) is 14.8. The summed E-state index contributed by atoms with van der Waals surface area (Å²) in [5, 5.41) is 3.56. The van der Waals surface area contributed by atoms with E-state index in [1.165, 1.54) is 6.42 Å². The van der Waals surface area contributed by atoms with Crippen molar-refractivity contribution in [2.24, 2.45) is 5.92 Å². The average Bonchev–Trinajstić information content (AvgIpc) is 2.66. The lowest BCUT2D eigenvalue weighted by Gasteiger charge is -2.36. The van der Waals surface area contributed by atoms with Crippen molar-refractivity contribution < 1.29 is 19.1 Å². The van der Waals surface area contributed by atoms with Crippen molar-refractivity contribution in [3.63, 3.8) is 0 Å². The van der Waals surface area contributed by atoms with Crippen LogP contribution < -0.4 is 5.32 Å². The molecule has 6 heteroatoms. The van der Waals surface area contributed by atoms with Crippen LogP contribution in [0.5, 0.6) is 0 Å². The summed E-state index contributed by atoms with van der Waals surface area (Å²) < 4.78 is 10.3. The summed E-state index contributed by atoms with van der Waals surface area (Å²) in [6.07, 6.45) is 3.93. The van der Waals surface area contributed by atoms with Gasteiger partial charge in [-0.15, -0.1) is 0 Å². The Morgan fingerprint density at radius 1 is 1.19 bits per heavy atom. The first-order valence-electron chi connectivity index (χ1n) is 8.02. The lowest BCUT2D eigenvalue weighted by molar-refractivity contribution is -0.194. The maximum Gasteiger partial charge on any atom is 0.348 e. The molecule has 0 aromatic rings. The SMILES string of the molecule is CC1OC(=O)C(CC2CCCN3CCCNC3C2)OC1=O. The van der Waals surface area contributed by atoms with E-state index < -0.39 is 18.2 Å². The zero-order valence-corrected chi connectivity index (χ0v) is 12.5. The Kier molecular flexibility index (Phi) is 4.45. The Hall–Kier alpha value is -1.14. The molecule has 0 bridgehead atoms. The standard InChI is InChI=1S/C15H24N2O4/c1-10-14(18)21-12(15(19)20-10)8-11-4-2-6-17-7-3-5-16-13(17)9-11/h10-13,16H,2-9H2,1H3. The van der Waals surface area contributed by atoms with E-state index in [-0.39, 0.29) is 5.97 Å². The maximum atomic E-state index is 11.9. The molecule has 6 nitrogen and oxygen atoms in total. The average molecular weight is 296 g/mol. The second-order valence-electron chi connectivity index (χ2n) is 6.34. The molecule has 0 amide bonds. The van der Waals surface area contributed by atoms with Gasteiger partial charge >= 0.3 is 11.9 Å². The highest BCUT2D eigenvalue weighted by molar-refractivity contribution is 5.87. The molecular weight excluding hydrogens is 272 g/mol. The molecule has 0 aliphatic carbocycles. The third-order valence-corrected chi connectivity index (χ3v) is 4.75. The van der Waals surface area contributed by atoms with Crippen LogP contribution >= 0.6 is 0 Å². The van der Waals surface area contributed by atoms with Crippen molar-refractivity contribution in [3.8, 4) is 0 Å². The molecule has 0 radical (unpaired) electrons. The molecule has 3 aliphatic heterocycles. The number of fused-ring (bicyclic) bond motifs is 1. The van der Waals surface area contributed by atoms with E-state index in [9.17, 15) is 9.59 Å². The maximum absolute atomic E-state index is 11.9. The van der Waals surface area contributed by atoms with Crippen LogP contribution in [0.2, 0.25) is 0 Å². The molecular formula is C15H24N2O4. The van der Waals surface area contributed by atoms with Gasteiger partial charge in [0.05, 0.1) is 6.17 Å². The Labute approximate surface area is 125 Å². The number of ether oxygens (including phenoxy) is 2. The number of nitrogens with one attached hydrogen (secondary N) is 1. The minimum atomic E-state index is -0.765. The van der Waals surface area contributed by atoms with Crippen molar-refractivity contribution in [1.82, 2.24) is 10.2 Å². The number of rotatable bonds is 2. The van der Waals surface area contributed by atoms with Crippen molar-refractivity contribution in [2.45, 2.75) is 57.4 Å². The number of hydrogen-bond acceptors (Lipinski definition) is 6. The summed E-state index contributed by atoms with van der Waals surface area (Å²) in [5.41, 5.74) is 0. The van der Waals surface area contributed by atoms with Gasteiger partial charge in [-0.05, 0) is 58.0 Å². The predicted octanol–water partition coefficient (Wildman–Crippen LogP) is 0.655. The summed E-state index contributed by atoms with van der Waals surface area (Å²) in [7, 11) is 0. The van der Waals surface area contributed by atoms with Gasteiger partial charge in [-0.1, -0.05) is 0 Å². The van der Waals surface area contributed by atoms with Gasteiger partial charge in [-0.3, -0.25) is 4.90 Å². The van der Waals surface area contributed by atoms with Crippen molar-refractivity contribution in [1.29, 1.82) is 0 Å². The first kappa shape index (κ1) is 14.8. The van der Waals surface area contributed by atoms with E-state index >= 15 is 0 Å². The summed E-state index contributed by atoms with van der Waals surface area (Å²) in [6, 6.07) is 0. The van der Waals surface area contributed by atoms with Crippen molar-refractivity contribution in [3.05, 3.63) is 0 Å². The summed E-state index contributed by atoms with van der Waals surface area (Å²) in [5.74, 6) is -0.421. The second kappa shape index (κ2) is 6.32. The number of hydrogen-bond donors (Lipinski definition) is 1. The summed E-state index contributed by atoms with van der Waals surface area (Å²) in [4.78, 5) is 25.9. The van der Waals surface area contributed by atoms with Gasteiger partial charge < -0.3 is 14.8 Å². The second-order valence-corrected chi connectivity index (χ2v) is 6.34. The van der Waals surface area contributed by atoms with Gasteiger partial charge in [-0.2, -0.15) is 0 Å². The Bertz CT molecular complexity index is 414. The fourth-order valence-corrected chi connectivity index (χ4v) is 3.60. The molecule has 21 heavy (non-hydrogen) atoms. The normalized spacial score (nSPS) is 38.1. The molecule has 0 aromatic carbocycles. The molecule has 3 rings (SSSR count). The largest absolute Gasteiger partial charge is 0.448 e. The summed E-state index contributed by atoms with van der Waals surface area (Å²) >= 11 is 0. The van der Waals surface area contributed by atoms with Crippen LogP contribution in [0.15, 0.2) is 0 Å². The Morgan fingerprint density at radius 3 is 2.86 bits per heavy atom. The number of cyclic esters (lactones) is 2. The van der Waals surface area contributed by atoms with Crippen LogP contribution in [0.25, 0.3) is 0 Å². The quantitative estimate of drug-likeness (QED) is 0.755. The van der Waals surface area contributed by atoms with Crippen molar-refractivity contribution >= 4 is 11.9 Å². The van der Waals surface area contributed by atoms with Crippen LogP contribution in [0.4, 0.5) is 0 Å². The molecule has 0 aromatic heterocycles. The number of nitrogens with zero attached hydrogens (tertiary/aromatic N) is 1. The number of carbonyl (C=O) groups is 2. The van der Waals surface area contributed by atoms with Crippen LogP contribution in [-0.2, 0) is 19.1 Å². The molecule has 3 saturated heterocycles. The van der Waals surface area contributed by atoms with Gasteiger partial charge in [-0.25, -0.2) is 9.59 Å². The van der Waals surface area contributed by atoms with E-state index in [1.807, 2.05) is 0 Å². The van der Waals surface area contributed by atoms with Crippen LogP contribution in [0.1, 0.15) is 39.0 Å². The van der Waals surface area contributed by atoms with E-state index in [1.54, 1.807) is 6.92 Å². The van der Waals surface area contributed by atoms with E-state index in [4.69, 9.17) is 9.47 Å². The van der Waals surface area contributed by atoms with E-state index in [2.05, 4.69) is 10.2 Å². The van der Waals surface area contributed by atoms with Gasteiger partial charge in [0.1, 0.15) is 0 Å².